The van der Waals surface area contributed by atoms with Crippen LogP contribution in [0, 0.1) is 0 Å². The zero-order chi connectivity index (χ0) is 19.2. The van der Waals surface area contributed by atoms with Gasteiger partial charge in [-0.15, -0.1) is 0 Å². The van der Waals surface area contributed by atoms with Crippen LogP contribution in [0.3, 0.4) is 0 Å². The number of carbonyl (C=O) groups excluding carboxylic acids is 1. The summed E-state index contributed by atoms with van der Waals surface area (Å²) in [5.74, 6) is 0.143. The SMILES string of the molecule is C=C(OC(C)C(=O)OCC)c1ccc(CCCCCCCCCC)cc1. The van der Waals surface area contributed by atoms with Gasteiger partial charge in [0.15, 0.2) is 6.10 Å². The summed E-state index contributed by atoms with van der Waals surface area (Å²) in [7, 11) is 0. The van der Waals surface area contributed by atoms with Gasteiger partial charge in [-0.1, -0.05) is 82.7 Å². The topological polar surface area (TPSA) is 35.5 Å². The number of rotatable bonds is 14. The molecule has 0 saturated heterocycles. The number of ether oxygens (including phenoxy) is 2. The average Bonchev–Trinajstić information content (AvgIpc) is 2.64. The number of hydrogen-bond donors (Lipinski definition) is 0. The number of hydrogen-bond acceptors (Lipinski definition) is 3. The molecule has 1 aromatic carbocycles. The predicted molar refractivity (Wildman–Crippen MR) is 109 cm³/mol. The Morgan fingerprint density at radius 2 is 1.54 bits per heavy atom. The Morgan fingerprint density at radius 3 is 2.12 bits per heavy atom. The van der Waals surface area contributed by atoms with E-state index in [1.807, 2.05) is 12.1 Å². The lowest BCUT2D eigenvalue weighted by Crippen LogP contribution is -2.22. The van der Waals surface area contributed by atoms with E-state index in [1.54, 1.807) is 13.8 Å². The monoisotopic (exact) mass is 360 g/mol. The van der Waals surface area contributed by atoms with E-state index in [0.29, 0.717) is 12.4 Å². The van der Waals surface area contributed by atoms with Gasteiger partial charge in [0.2, 0.25) is 0 Å². The first kappa shape index (κ1) is 22.3. The summed E-state index contributed by atoms with van der Waals surface area (Å²) in [5, 5.41) is 0. The summed E-state index contributed by atoms with van der Waals surface area (Å²) in [6, 6.07) is 8.28. The lowest BCUT2D eigenvalue weighted by molar-refractivity contribution is -0.151. The zero-order valence-corrected chi connectivity index (χ0v) is 16.9. The molecule has 0 fully saturated rings. The van der Waals surface area contributed by atoms with Crippen LogP contribution >= 0.6 is 0 Å². The van der Waals surface area contributed by atoms with Gasteiger partial charge in [-0.25, -0.2) is 4.79 Å². The molecule has 0 radical (unpaired) electrons. The smallest absolute Gasteiger partial charge is 0.347 e. The maximum atomic E-state index is 11.6. The van der Waals surface area contributed by atoms with Gasteiger partial charge in [0.05, 0.1) is 6.61 Å². The van der Waals surface area contributed by atoms with Crippen molar-refractivity contribution in [1.82, 2.24) is 0 Å². The molecule has 1 unspecified atom stereocenters. The molecular weight excluding hydrogens is 324 g/mol. The number of esters is 1. The number of aryl methyl sites for hydroxylation is 1. The van der Waals surface area contributed by atoms with E-state index in [2.05, 4.69) is 25.6 Å². The van der Waals surface area contributed by atoms with Crippen molar-refractivity contribution in [3.8, 4) is 0 Å². The van der Waals surface area contributed by atoms with Crippen molar-refractivity contribution >= 4 is 11.7 Å². The van der Waals surface area contributed by atoms with Gasteiger partial charge in [0.1, 0.15) is 5.76 Å². The van der Waals surface area contributed by atoms with Gasteiger partial charge in [0, 0.05) is 5.56 Å². The van der Waals surface area contributed by atoms with E-state index in [9.17, 15) is 4.79 Å². The molecule has 0 N–H and O–H groups in total. The first-order valence-electron chi connectivity index (χ1n) is 10.2. The molecule has 3 nitrogen and oxygen atoms in total. The van der Waals surface area contributed by atoms with Gasteiger partial charge in [-0.3, -0.25) is 0 Å². The van der Waals surface area contributed by atoms with Gasteiger partial charge in [0.25, 0.3) is 0 Å². The Labute approximate surface area is 159 Å². The van der Waals surface area contributed by atoms with Gasteiger partial charge < -0.3 is 9.47 Å². The van der Waals surface area contributed by atoms with Crippen molar-refractivity contribution in [1.29, 1.82) is 0 Å². The van der Waals surface area contributed by atoms with E-state index in [0.717, 1.165) is 12.0 Å². The Balaban J connectivity index is 2.28. The minimum absolute atomic E-state index is 0.354. The van der Waals surface area contributed by atoms with Crippen molar-refractivity contribution < 1.29 is 14.3 Å². The van der Waals surface area contributed by atoms with Crippen LogP contribution in [-0.2, 0) is 20.7 Å². The summed E-state index contributed by atoms with van der Waals surface area (Å²) in [6.45, 7) is 10.00. The van der Waals surface area contributed by atoms with E-state index in [4.69, 9.17) is 9.47 Å². The number of unbranched alkanes of at least 4 members (excludes halogenated alkanes) is 7. The van der Waals surface area contributed by atoms with Crippen molar-refractivity contribution in [3.05, 3.63) is 42.0 Å². The molecule has 0 aromatic heterocycles. The van der Waals surface area contributed by atoms with Crippen LogP contribution in [0.4, 0.5) is 0 Å². The summed E-state index contributed by atoms with van der Waals surface area (Å²) in [6.07, 6.45) is 11.2. The standard InChI is InChI=1S/C23H36O3/c1-5-7-8-9-10-11-12-13-14-21-15-17-22(18-16-21)19(3)26-20(4)23(24)25-6-2/h15-18,20H,3,5-14H2,1-2,4H3. The van der Waals surface area contributed by atoms with Crippen LogP contribution in [0.2, 0.25) is 0 Å². The molecule has 1 aromatic rings. The predicted octanol–water partition coefficient (Wildman–Crippen LogP) is 6.31. The number of benzene rings is 1. The van der Waals surface area contributed by atoms with Gasteiger partial charge >= 0.3 is 5.97 Å². The van der Waals surface area contributed by atoms with Gasteiger partial charge in [-0.2, -0.15) is 0 Å². The molecule has 0 heterocycles. The zero-order valence-electron chi connectivity index (χ0n) is 16.9. The molecule has 1 atom stereocenters. The van der Waals surface area contributed by atoms with Crippen LogP contribution in [-0.4, -0.2) is 18.7 Å². The molecule has 0 aliphatic heterocycles. The summed E-state index contributed by atoms with van der Waals surface area (Å²) >= 11 is 0. The maximum Gasteiger partial charge on any atom is 0.347 e. The molecule has 1 rings (SSSR count). The Kier molecular flexibility index (Phi) is 11.5. The molecule has 146 valence electrons. The van der Waals surface area contributed by atoms with Crippen molar-refractivity contribution in [2.75, 3.05) is 6.61 Å². The highest BCUT2D eigenvalue weighted by atomic mass is 16.6. The Bertz CT molecular complexity index is 519. The molecule has 26 heavy (non-hydrogen) atoms. The molecular formula is C23H36O3. The average molecular weight is 361 g/mol. The largest absolute Gasteiger partial charge is 0.479 e. The highest BCUT2D eigenvalue weighted by Crippen LogP contribution is 2.18. The summed E-state index contributed by atoms with van der Waals surface area (Å²) in [5.41, 5.74) is 2.24. The Hall–Kier alpha value is -1.77. The molecule has 0 saturated carbocycles. The minimum atomic E-state index is -0.639. The molecule has 0 spiro atoms. The van der Waals surface area contributed by atoms with Crippen molar-refractivity contribution in [3.63, 3.8) is 0 Å². The normalized spacial score (nSPS) is 11.8. The first-order valence-corrected chi connectivity index (χ1v) is 10.2. The fourth-order valence-electron chi connectivity index (χ4n) is 2.91. The third kappa shape index (κ3) is 9.07. The Morgan fingerprint density at radius 1 is 0.962 bits per heavy atom. The quantitative estimate of drug-likeness (QED) is 0.221. The van der Waals surface area contributed by atoms with E-state index in [1.165, 1.54) is 56.9 Å². The second kappa shape index (κ2) is 13.4. The first-order chi connectivity index (χ1) is 12.6. The lowest BCUT2D eigenvalue weighted by Gasteiger charge is -2.15. The lowest BCUT2D eigenvalue weighted by atomic mass is 10.0. The summed E-state index contributed by atoms with van der Waals surface area (Å²) < 4.78 is 10.5. The fraction of sp³-hybridized carbons (Fsp3) is 0.609. The van der Waals surface area contributed by atoms with Crippen LogP contribution in [0.15, 0.2) is 30.8 Å². The second-order valence-electron chi connectivity index (χ2n) is 6.86. The molecule has 0 bridgehead atoms. The molecule has 3 heteroatoms. The number of carbonyl (C=O) groups is 1. The van der Waals surface area contributed by atoms with Crippen LogP contribution in [0.1, 0.15) is 83.3 Å². The third-order valence-corrected chi connectivity index (χ3v) is 4.53. The van der Waals surface area contributed by atoms with Crippen LogP contribution in [0.5, 0.6) is 0 Å². The van der Waals surface area contributed by atoms with E-state index < -0.39 is 6.10 Å². The summed E-state index contributed by atoms with van der Waals surface area (Å²) in [4.78, 5) is 11.6. The van der Waals surface area contributed by atoms with Crippen molar-refractivity contribution in [2.45, 2.75) is 84.7 Å². The van der Waals surface area contributed by atoms with E-state index in [-0.39, 0.29) is 5.97 Å². The highest BCUT2D eigenvalue weighted by Gasteiger charge is 2.16. The highest BCUT2D eigenvalue weighted by molar-refractivity contribution is 5.75. The van der Waals surface area contributed by atoms with Crippen LogP contribution < -0.4 is 0 Å². The molecule has 0 amide bonds. The molecule has 0 aliphatic carbocycles. The minimum Gasteiger partial charge on any atom is -0.479 e. The van der Waals surface area contributed by atoms with Gasteiger partial charge in [-0.05, 0) is 32.3 Å². The maximum absolute atomic E-state index is 11.6. The molecule has 0 aliphatic rings. The van der Waals surface area contributed by atoms with Crippen LogP contribution in [0.25, 0.3) is 5.76 Å². The van der Waals surface area contributed by atoms with E-state index >= 15 is 0 Å². The fourth-order valence-corrected chi connectivity index (χ4v) is 2.91. The van der Waals surface area contributed by atoms with Crippen molar-refractivity contribution in [2.24, 2.45) is 0 Å². The third-order valence-electron chi connectivity index (χ3n) is 4.53. The second-order valence-corrected chi connectivity index (χ2v) is 6.86.